The predicted octanol–water partition coefficient (Wildman–Crippen LogP) is 5.47. The van der Waals surface area contributed by atoms with Crippen LogP contribution in [0.1, 0.15) is 29.0 Å². The number of allylic oxidation sites excluding steroid dienone is 1. The van der Waals surface area contributed by atoms with Crippen molar-refractivity contribution in [2.24, 2.45) is 10.2 Å². The average molecular weight is 392 g/mol. The first-order chi connectivity index (χ1) is 13.1. The molecule has 2 aromatic carbocycles. The van der Waals surface area contributed by atoms with Gasteiger partial charge in [0.05, 0.1) is 17.1 Å². The molecule has 6 heteroatoms. The van der Waals surface area contributed by atoms with Crippen LogP contribution >= 0.6 is 23.6 Å². The maximum absolute atomic E-state index is 10.8. The van der Waals surface area contributed by atoms with Gasteiger partial charge in [-0.2, -0.15) is 5.10 Å². The molecule has 3 aromatic rings. The zero-order valence-corrected chi connectivity index (χ0v) is 16.2. The van der Waals surface area contributed by atoms with Gasteiger partial charge in [-0.1, -0.05) is 60.7 Å². The summed E-state index contributed by atoms with van der Waals surface area (Å²) in [6.07, 6.45) is 3.60. The summed E-state index contributed by atoms with van der Waals surface area (Å²) < 4.78 is 2.41. The summed E-state index contributed by atoms with van der Waals surface area (Å²) in [5.41, 5.74) is 3.72. The van der Waals surface area contributed by atoms with Gasteiger partial charge in [0.1, 0.15) is 5.71 Å². The van der Waals surface area contributed by atoms with E-state index in [9.17, 15) is 5.11 Å². The Balaban J connectivity index is 1.72. The lowest BCUT2D eigenvalue weighted by molar-refractivity contribution is 0.404. The number of benzene rings is 2. The molecule has 4 rings (SSSR count). The van der Waals surface area contributed by atoms with Crippen molar-refractivity contribution < 1.29 is 5.11 Å². The molecule has 27 heavy (non-hydrogen) atoms. The van der Waals surface area contributed by atoms with E-state index >= 15 is 0 Å². The number of thiazole rings is 1. The van der Waals surface area contributed by atoms with Gasteiger partial charge in [-0.25, -0.2) is 0 Å². The minimum Gasteiger partial charge on any atom is -0.493 e. The van der Waals surface area contributed by atoms with Crippen LogP contribution in [0.2, 0.25) is 0 Å². The normalized spacial score (nSPS) is 15.9. The highest BCUT2D eigenvalue weighted by Gasteiger charge is 2.19. The van der Waals surface area contributed by atoms with Crippen molar-refractivity contribution >= 4 is 41.6 Å². The molecule has 0 radical (unpaired) electrons. The van der Waals surface area contributed by atoms with Gasteiger partial charge in [-0.15, -0.1) is 16.4 Å². The van der Waals surface area contributed by atoms with E-state index in [2.05, 4.69) is 10.2 Å². The minimum absolute atomic E-state index is 0.0541. The van der Waals surface area contributed by atoms with Crippen molar-refractivity contribution in [3.63, 3.8) is 0 Å². The van der Waals surface area contributed by atoms with Gasteiger partial charge >= 0.3 is 0 Å². The highest BCUT2D eigenvalue weighted by molar-refractivity contribution is 7.73. The second kappa shape index (κ2) is 7.42. The number of aromatic nitrogens is 1. The van der Waals surface area contributed by atoms with Crippen LogP contribution in [0.3, 0.4) is 0 Å². The molecular formula is C21H17N3OS2. The van der Waals surface area contributed by atoms with E-state index in [4.69, 9.17) is 12.2 Å². The summed E-state index contributed by atoms with van der Waals surface area (Å²) in [5, 5.41) is 19.1. The van der Waals surface area contributed by atoms with E-state index in [0.717, 1.165) is 22.4 Å². The second-order valence-corrected chi connectivity index (χ2v) is 7.85. The van der Waals surface area contributed by atoms with Gasteiger partial charge in [0.15, 0.2) is 3.95 Å². The predicted molar refractivity (Wildman–Crippen MR) is 115 cm³/mol. The largest absolute Gasteiger partial charge is 0.493 e. The Morgan fingerprint density at radius 1 is 1.07 bits per heavy atom. The van der Waals surface area contributed by atoms with Crippen molar-refractivity contribution in [1.29, 1.82) is 0 Å². The third-order valence-corrected chi connectivity index (χ3v) is 5.81. The number of nitrogens with zero attached hydrogens (tertiary/aromatic N) is 3. The van der Waals surface area contributed by atoms with E-state index in [1.165, 1.54) is 11.3 Å². The number of hydrogen-bond donors (Lipinski definition) is 1. The molecule has 0 fully saturated rings. The highest BCUT2D eigenvalue weighted by Crippen LogP contribution is 2.34. The van der Waals surface area contributed by atoms with Crippen LogP contribution in [0, 0.1) is 3.95 Å². The molecule has 1 atom stereocenters. The van der Waals surface area contributed by atoms with E-state index in [1.807, 2.05) is 73.7 Å². The Hall–Kier alpha value is -2.83. The molecule has 1 N–H and O–H groups in total. The SMILES string of the molecule is C[C@H](c1ccccc1)n1c(O)c(C=C2C=NN=C2c2ccccc2)sc1=S. The zero-order valence-electron chi connectivity index (χ0n) is 14.6. The van der Waals surface area contributed by atoms with Gasteiger partial charge in [0.25, 0.3) is 0 Å². The molecule has 1 aliphatic rings. The molecule has 0 saturated heterocycles. The fourth-order valence-corrected chi connectivity index (χ4v) is 4.47. The Morgan fingerprint density at radius 3 is 2.44 bits per heavy atom. The summed E-state index contributed by atoms with van der Waals surface area (Å²) in [5.74, 6) is 0.168. The summed E-state index contributed by atoms with van der Waals surface area (Å²) in [7, 11) is 0. The van der Waals surface area contributed by atoms with Gasteiger partial charge in [-0.3, -0.25) is 4.57 Å². The molecule has 0 spiro atoms. The Bertz CT molecular complexity index is 1110. The van der Waals surface area contributed by atoms with Crippen LogP contribution in [0.15, 0.2) is 76.4 Å². The van der Waals surface area contributed by atoms with E-state index in [0.29, 0.717) is 8.83 Å². The van der Waals surface area contributed by atoms with Crippen molar-refractivity contribution in [1.82, 2.24) is 4.57 Å². The van der Waals surface area contributed by atoms with Crippen molar-refractivity contribution in [3.05, 3.63) is 86.2 Å². The first-order valence-corrected chi connectivity index (χ1v) is 9.75. The van der Waals surface area contributed by atoms with Gasteiger partial charge in [0.2, 0.25) is 5.88 Å². The van der Waals surface area contributed by atoms with Crippen LogP contribution in [0.5, 0.6) is 5.88 Å². The summed E-state index contributed by atoms with van der Waals surface area (Å²) >= 11 is 6.91. The number of hydrogen-bond acceptors (Lipinski definition) is 5. The lowest BCUT2D eigenvalue weighted by Crippen LogP contribution is -2.06. The average Bonchev–Trinajstić information content (AvgIpc) is 3.27. The highest BCUT2D eigenvalue weighted by atomic mass is 32.1. The number of rotatable bonds is 4. The maximum atomic E-state index is 10.8. The van der Waals surface area contributed by atoms with Crippen molar-refractivity contribution in [2.45, 2.75) is 13.0 Å². The molecule has 134 valence electrons. The fourth-order valence-electron chi connectivity index (χ4n) is 3.05. The molecular weight excluding hydrogens is 374 g/mol. The topological polar surface area (TPSA) is 49.9 Å². The fraction of sp³-hybridized carbons (Fsp3) is 0.0952. The zero-order chi connectivity index (χ0) is 18.8. The third-order valence-electron chi connectivity index (χ3n) is 4.47. The lowest BCUT2D eigenvalue weighted by atomic mass is 10.0. The molecule has 1 aliphatic heterocycles. The van der Waals surface area contributed by atoms with E-state index in [1.54, 1.807) is 10.8 Å². The van der Waals surface area contributed by atoms with Gasteiger partial charge in [-0.05, 0) is 30.8 Å². The van der Waals surface area contributed by atoms with Crippen LogP contribution < -0.4 is 0 Å². The van der Waals surface area contributed by atoms with Gasteiger partial charge < -0.3 is 5.11 Å². The number of aromatic hydroxyl groups is 1. The molecule has 4 nitrogen and oxygen atoms in total. The quantitative estimate of drug-likeness (QED) is 0.600. The molecule has 0 bridgehead atoms. The Labute approximate surface area is 166 Å². The first-order valence-electron chi connectivity index (χ1n) is 8.53. The summed E-state index contributed by atoms with van der Waals surface area (Å²) in [4.78, 5) is 0.703. The molecule has 0 amide bonds. The molecule has 0 saturated carbocycles. The van der Waals surface area contributed by atoms with Crippen molar-refractivity contribution in [3.8, 4) is 5.88 Å². The van der Waals surface area contributed by atoms with E-state index in [-0.39, 0.29) is 11.9 Å². The van der Waals surface area contributed by atoms with Crippen LogP contribution in [-0.4, -0.2) is 21.6 Å². The summed E-state index contributed by atoms with van der Waals surface area (Å²) in [6, 6.07) is 19.8. The molecule has 0 aliphatic carbocycles. The van der Waals surface area contributed by atoms with Crippen LogP contribution in [0.25, 0.3) is 6.08 Å². The molecule has 1 aromatic heterocycles. The first kappa shape index (κ1) is 17.6. The molecule has 2 heterocycles. The Kier molecular flexibility index (Phi) is 4.83. The van der Waals surface area contributed by atoms with Crippen LogP contribution in [-0.2, 0) is 0 Å². The van der Waals surface area contributed by atoms with Crippen molar-refractivity contribution in [2.75, 3.05) is 0 Å². The third kappa shape index (κ3) is 3.41. The maximum Gasteiger partial charge on any atom is 0.211 e. The van der Waals surface area contributed by atoms with Gasteiger partial charge in [0, 0.05) is 11.1 Å². The smallest absolute Gasteiger partial charge is 0.211 e. The minimum atomic E-state index is -0.0541. The van der Waals surface area contributed by atoms with E-state index < -0.39 is 0 Å². The standard InChI is InChI=1S/C21H17N3OS2/c1-14(15-8-4-2-5-9-15)24-20(25)18(27-21(24)26)12-17-13-22-23-19(17)16-10-6-3-7-11-16/h2-14,25H,1H3/t14-/m1/s1. The second-order valence-electron chi connectivity index (χ2n) is 6.17. The monoisotopic (exact) mass is 391 g/mol. The summed E-state index contributed by atoms with van der Waals surface area (Å²) in [6.45, 7) is 2.03. The van der Waals surface area contributed by atoms with Crippen LogP contribution in [0.4, 0.5) is 0 Å². The lowest BCUT2D eigenvalue weighted by Gasteiger charge is -2.15. The Morgan fingerprint density at radius 2 is 1.74 bits per heavy atom. The molecule has 0 unspecified atom stereocenters.